The second-order valence-electron chi connectivity index (χ2n) is 6.51. The number of carbonyl (C=O) groups excluding carboxylic acids is 1. The Kier molecular flexibility index (Phi) is 7.11. The Labute approximate surface area is 157 Å². The largest absolute Gasteiger partial charge is 0.356 e. The van der Waals surface area contributed by atoms with Gasteiger partial charge in [0, 0.05) is 44.5 Å². The lowest BCUT2D eigenvalue weighted by atomic mass is 10.1. The summed E-state index contributed by atoms with van der Waals surface area (Å²) in [4.78, 5) is 19.0. The SMILES string of the molecule is O=C(Cc1csc(Cc2ccc(F)cc2)n1)NCCCN1CCNCC1. The molecule has 0 bridgehead atoms. The first-order valence-electron chi connectivity index (χ1n) is 9.06. The smallest absolute Gasteiger partial charge is 0.226 e. The van der Waals surface area contributed by atoms with Crippen LogP contribution in [0.3, 0.4) is 0 Å². The van der Waals surface area contributed by atoms with E-state index in [9.17, 15) is 9.18 Å². The molecule has 1 aliphatic heterocycles. The van der Waals surface area contributed by atoms with Crippen molar-refractivity contribution in [3.05, 3.63) is 51.7 Å². The Morgan fingerprint density at radius 3 is 2.81 bits per heavy atom. The molecule has 0 unspecified atom stereocenters. The number of carbonyl (C=O) groups is 1. The van der Waals surface area contributed by atoms with Crippen molar-refractivity contribution in [1.29, 1.82) is 0 Å². The molecular weight excluding hydrogens is 351 g/mol. The molecule has 2 N–H and O–H groups in total. The molecule has 1 saturated heterocycles. The van der Waals surface area contributed by atoms with Crippen molar-refractivity contribution in [3.8, 4) is 0 Å². The average molecular weight is 377 g/mol. The van der Waals surface area contributed by atoms with Crippen LogP contribution in [0.4, 0.5) is 4.39 Å². The van der Waals surface area contributed by atoms with E-state index in [0.717, 1.165) is 55.4 Å². The third-order valence-electron chi connectivity index (χ3n) is 4.39. The van der Waals surface area contributed by atoms with Crippen LogP contribution in [-0.4, -0.2) is 55.1 Å². The molecule has 1 aromatic heterocycles. The first kappa shape index (κ1) is 18.9. The molecule has 5 nitrogen and oxygen atoms in total. The first-order chi connectivity index (χ1) is 12.7. The summed E-state index contributed by atoms with van der Waals surface area (Å²) >= 11 is 1.54. The van der Waals surface area contributed by atoms with Gasteiger partial charge in [0.1, 0.15) is 5.82 Å². The fraction of sp³-hybridized carbons (Fsp3) is 0.474. The van der Waals surface area contributed by atoms with Crippen LogP contribution < -0.4 is 10.6 Å². The van der Waals surface area contributed by atoms with Crippen LogP contribution >= 0.6 is 11.3 Å². The van der Waals surface area contributed by atoms with Gasteiger partial charge in [-0.2, -0.15) is 0 Å². The monoisotopic (exact) mass is 376 g/mol. The molecule has 1 amide bonds. The Balaban J connectivity index is 1.36. The molecule has 1 aromatic carbocycles. The Morgan fingerprint density at radius 2 is 2.04 bits per heavy atom. The second kappa shape index (κ2) is 9.75. The second-order valence-corrected chi connectivity index (χ2v) is 7.45. The normalized spacial score (nSPS) is 15.1. The van der Waals surface area contributed by atoms with Gasteiger partial charge in [-0.3, -0.25) is 4.79 Å². The standard InChI is InChI=1S/C19H25FN4OS/c20-16-4-2-15(3-5-16)12-19-23-17(14-26-19)13-18(25)22-6-1-9-24-10-7-21-8-11-24/h2-5,14,21H,1,6-13H2,(H,22,25). The van der Waals surface area contributed by atoms with E-state index in [2.05, 4.69) is 20.5 Å². The minimum Gasteiger partial charge on any atom is -0.356 e. The number of hydrogen-bond acceptors (Lipinski definition) is 5. The molecule has 0 atom stereocenters. The number of thiazole rings is 1. The minimum absolute atomic E-state index is 0.0175. The van der Waals surface area contributed by atoms with E-state index in [-0.39, 0.29) is 11.7 Å². The average Bonchev–Trinajstić information content (AvgIpc) is 3.08. The van der Waals surface area contributed by atoms with Crippen LogP contribution in [-0.2, 0) is 17.6 Å². The van der Waals surface area contributed by atoms with Gasteiger partial charge in [-0.05, 0) is 30.7 Å². The van der Waals surface area contributed by atoms with Gasteiger partial charge in [0.15, 0.2) is 0 Å². The number of rotatable bonds is 8. The molecule has 0 spiro atoms. The van der Waals surface area contributed by atoms with Gasteiger partial charge in [0.05, 0.1) is 17.1 Å². The van der Waals surface area contributed by atoms with E-state index in [1.54, 1.807) is 23.5 Å². The Bertz CT molecular complexity index is 698. The third kappa shape index (κ3) is 6.16. The number of nitrogens with zero attached hydrogens (tertiary/aromatic N) is 2. The van der Waals surface area contributed by atoms with Crippen molar-refractivity contribution in [3.63, 3.8) is 0 Å². The van der Waals surface area contributed by atoms with Gasteiger partial charge in [-0.15, -0.1) is 11.3 Å². The summed E-state index contributed by atoms with van der Waals surface area (Å²) in [7, 11) is 0. The minimum atomic E-state index is -0.234. The molecule has 0 saturated carbocycles. The van der Waals surface area contributed by atoms with Gasteiger partial charge in [0.25, 0.3) is 0 Å². The summed E-state index contributed by atoms with van der Waals surface area (Å²) in [5.41, 5.74) is 1.82. The van der Waals surface area contributed by atoms with E-state index < -0.39 is 0 Å². The lowest BCUT2D eigenvalue weighted by Crippen LogP contribution is -2.44. The van der Waals surface area contributed by atoms with Crippen molar-refractivity contribution in [2.45, 2.75) is 19.3 Å². The highest BCUT2D eigenvalue weighted by atomic mass is 32.1. The van der Waals surface area contributed by atoms with Crippen LogP contribution in [0.5, 0.6) is 0 Å². The molecule has 2 heterocycles. The predicted octanol–water partition coefficient (Wildman–Crippen LogP) is 1.83. The number of hydrogen-bond donors (Lipinski definition) is 2. The summed E-state index contributed by atoms with van der Waals surface area (Å²) in [5, 5.41) is 9.19. The fourth-order valence-electron chi connectivity index (χ4n) is 2.98. The van der Waals surface area contributed by atoms with E-state index in [1.807, 2.05) is 5.38 Å². The highest BCUT2D eigenvalue weighted by molar-refractivity contribution is 7.09. The molecule has 1 aliphatic rings. The maximum Gasteiger partial charge on any atom is 0.226 e. The molecule has 7 heteroatoms. The summed E-state index contributed by atoms with van der Waals surface area (Å²) in [5.74, 6) is -0.217. The molecule has 3 rings (SSSR count). The lowest BCUT2D eigenvalue weighted by molar-refractivity contribution is -0.120. The summed E-state index contributed by atoms with van der Waals surface area (Å²) in [6.45, 7) is 6.01. The van der Waals surface area contributed by atoms with Crippen molar-refractivity contribution in [2.75, 3.05) is 39.3 Å². The summed E-state index contributed by atoms with van der Waals surface area (Å²) in [6.07, 6.45) is 1.95. The number of nitrogens with one attached hydrogen (secondary N) is 2. The van der Waals surface area contributed by atoms with Crippen molar-refractivity contribution in [2.24, 2.45) is 0 Å². The van der Waals surface area contributed by atoms with Gasteiger partial charge in [0.2, 0.25) is 5.91 Å². The number of aromatic nitrogens is 1. The summed E-state index contributed by atoms with van der Waals surface area (Å²) < 4.78 is 12.9. The molecule has 2 aromatic rings. The number of benzene rings is 1. The predicted molar refractivity (Wildman–Crippen MR) is 102 cm³/mol. The molecule has 0 aliphatic carbocycles. The lowest BCUT2D eigenvalue weighted by Gasteiger charge is -2.27. The van der Waals surface area contributed by atoms with Crippen LogP contribution in [0.1, 0.15) is 22.7 Å². The van der Waals surface area contributed by atoms with Crippen LogP contribution in [0.2, 0.25) is 0 Å². The quantitative estimate of drug-likeness (QED) is 0.690. The Hall–Kier alpha value is -1.83. The van der Waals surface area contributed by atoms with Crippen molar-refractivity contribution in [1.82, 2.24) is 20.5 Å². The zero-order valence-electron chi connectivity index (χ0n) is 14.8. The molecule has 1 fully saturated rings. The maximum absolute atomic E-state index is 12.9. The van der Waals surface area contributed by atoms with Crippen LogP contribution in [0.25, 0.3) is 0 Å². The van der Waals surface area contributed by atoms with E-state index >= 15 is 0 Å². The highest BCUT2D eigenvalue weighted by Gasteiger charge is 2.10. The zero-order valence-corrected chi connectivity index (χ0v) is 15.7. The van der Waals surface area contributed by atoms with Crippen LogP contribution in [0, 0.1) is 5.82 Å². The maximum atomic E-state index is 12.9. The Morgan fingerprint density at radius 1 is 1.27 bits per heavy atom. The van der Waals surface area contributed by atoms with E-state index in [4.69, 9.17) is 0 Å². The van der Waals surface area contributed by atoms with Crippen LogP contribution in [0.15, 0.2) is 29.6 Å². The topological polar surface area (TPSA) is 57.3 Å². The van der Waals surface area contributed by atoms with E-state index in [1.165, 1.54) is 12.1 Å². The molecule has 140 valence electrons. The fourth-order valence-corrected chi connectivity index (χ4v) is 3.81. The van der Waals surface area contributed by atoms with Gasteiger partial charge >= 0.3 is 0 Å². The van der Waals surface area contributed by atoms with Crippen molar-refractivity contribution < 1.29 is 9.18 Å². The number of piperazine rings is 1. The van der Waals surface area contributed by atoms with Gasteiger partial charge < -0.3 is 15.5 Å². The highest BCUT2D eigenvalue weighted by Crippen LogP contribution is 2.15. The summed E-state index contributed by atoms with van der Waals surface area (Å²) in [6, 6.07) is 6.44. The third-order valence-corrected chi connectivity index (χ3v) is 5.29. The van der Waals surface area contributed by atoms with Gasteiger partial charge in [-0.1, -0.05) is 12.1 Å². The number of halogens is 1. The number of amides is 1. The van der Waals surface area contributed by atoms with Crippen molar-refractivity contribution >= 4 is 17.2 Å². The first-order valence-corrected chi connectivity index (χ1v) is 9.94. The zero-order chi connectivity index (χ0) is 18.2. The van der Waals surface area contributed by atoms with E-state index in [0.29, 0.717) is 19.4 Å². The molecule has 0 radical (unpaired) electrons. The molecule has 26 heavy (non-hydrogen) atoms. The van der Waals surface area contributed by atoms with Gasteiger partial charge in [-0.25, -0.2) is 9.37 Å². The molecular formula is C19H25FN4OS.